The van der Waals surface area contributed by atoms with E-state index in [1.165, 1.54) is 0 Å². The number of hydrogen-bond acceptors (Lipinski definition) is 2. The lowest BCUT2D eigenvalue weighted by atomic mass is 10.1. The number of rotatable bonds is 2. The van der Waals surface area contributed by atoms with Gasteiger partial charge >= 0.3 is 0 Å². The van der Waals surface area contributed by atoms with Gasteiger partial charge in [-0.1, -0.05) is 6.92 Å². The summed E-state index contributed by atoms with van der Waals surface area (Å²) >= 11 is 0. The minimum absolute atomic E-state index is 0.0527. The summed E-state index contributed by atoms with van der Waals surface area (Å²) in [5.74, 6) is -0.115. The topological polar surface area (TPSA) is 54.3 Å². The molecule has 1 aromatic heterocycles. The van der Waals surface area contributed by atoms with Gasteiger partial charge in [0, 0.05) is 25.8 Å². The maximum atomic E-state index is 12.5. The number of carbonyl (C=O) groups excluding carboxylic acids is 2. The molecule has 0 bridgehead atoms. The van der Waals surface area contributed by atoms with Crippen LogP contribution in [0.1, 0.15) is 29.5 Å². The van der Waals surface area contributed by atoms with Crippen LogP contribution in [0.5, 0.6) is 0 Å². The van der Waals surface area contributed by atoms with E-state index in [-0.39, 0.29) is 17.9 Å². The molecule has 0 aliphatic carbocycles. The minimum Gasteiger partial charge on any atom is -0.353 e. The highest BCUT2D eigenvalue weighted by Crippen LogP contribution is 2.15. The molecule has 2 amide bonds. The van der Waals surface area contributed by atoms with E-state index in [1.807, 2.05) is 37.6 Å². The Balaban J connectivity index is 2.27. The van der Waals surface area contributed by atoms with Gasteiger partial charge in [0.25, 0.3) is 5.91 Å². The van der Waals surface area contributed by atoms with Crippen LogP contribution in [0.4, 0.5) is 0 Å². The van der Waals surface area contributed by atoms with Crippen molar-refractivity contribution in [1.82, 2.24) is 14.8 Å². The molecule has 1 saturated heterocycles. The van der Waals surface area contributed by atoms with E-state index in [4.69, 9.17) is 0 Å². The Bertz CT molecular complexity index is 479. The summed E-state index contributed by atoms with van der Waals surface area (Å²) in [5.41, 5.74) is 1.67. The van der Waals surface area contributed by atoms with Gasteiger partial charge in [-0.2, -0.15) is 0 Å². The molecule has 5 heteroatoms. The molecule has 1 atom stereocenters. The first-order valence-electron chi connectivity index (χ1n) is 6.27. The van der Waals surface area contributed by atoms with Crippen molar-refractivity contribution in [1.29, 1.82) is 0 Å². The lowest BCUT2D eigenvalue weighted by Gasteiger charge is -2.34. The average Bonchev–Trinajstić information content (AvgIpc) is 2.69. The Morgan fingerprint density at radius 2 is 2.22 bits per heavy atom. The van der Waals surface area contributed by atoms with Crippen LogP contribution in [0.2, 0.25) is 0 Å². The summed E-state index contributed by atoms with van der Waals surface area (Å²) in [7, 11) is 1.87. The second-order valence-electron chi connectivity index (χ2n) is 4.63. The number of carbonyl (C=O) groups is 2. The van der Waals surface area contributed by atoms with Crippen molar-refractivity contribution in [3.8, 4) is 0 Å². The summed E-state index contributed by atoms with van der Waals surface area (Å²) in [4.78, 5) is 25.9. The van der Waals surface area contributed by atoms with Crippen molar-refractivity contribution in [2.75, 3.05) is 13.1 Å². The highest BCUT2D eigenvalue weighted by atomic mass is 16.2. The van der Waals surface area contributed by atoms with E-state index in [9.17, 15) is 9.59 Å². The number of nitrogens with one attached hydrogen (secondary N) is 1. The number of nitrogens with zero attached hydrogens (tertiary/aromatic N) is 2. The van der Waals surface area contributed by atoms with Gasteiger partial charge in [0.1, 0.15) is 11.7 Å². The Hall–Kier alpha value is -1.78. The largest absolute Gasteiger partial charge is 0.353 e. The van der Waals surface area contributed by atoms with Crippen molar-refractivity contribution >= 4 is 11.8 Å². The van der Waals surface area contributed by atoms with Crippen molar-refractivity contribution in [2.24, 2.45) is 7.05 Å². The molecule has 1 fully saturated rings. The molecule has 1 N–H and O–H groups in total. The molecule has 98 valence electrons. The van der Waals surface area contributed by atoms with Crippen LogP contribution in [0, 0.1) is 6.92 Å². The predicted molar refractivity (Wildman–Crippen MR) is 68.3 cm³/mol. The van der Waals surface area contributed by atoms with Gasteiger partial charge in [-0.3, -0.25) is 9.59 Å². The molecule has 1 aliphatic heterocycles. The highest BCUT2D eigenvalue weighted by Gasteiger charge is 2.32. The second kappa shape index (κ2) is 4.84. The van der Waals surface area contributed by atoms with Crippen LogP contribution >= 0.6 is 0 Å². The third kappa shape index (κ3) is 2.00. The predicted octanol–water partition coefficient (Wildman–Crippen LogP) is 0.684. The van der Waals surface area contributed by atoms with Crippen LogP contribution < -0.4 is 5.32 Å². The summed E-state index contributed by atoms with van der Waals surface area (Å²) in [6.45, 7) is 4.99. The first kappa shape index (κ1) is 12.7. The maximum Gasteiger partial charge on any atom is 0.271 e. The Kier molecular flexibility index (Phi) is 3.41. The van der Waals surface area contributed by atoms with Crippen molar-refractivity contribution in [2.45, 2.75) is 26.3 Å². The number of amides is 2. The minimum atomic E-state index is -0.346. The van der Waals surface area contributed by atoms with Gasteiger partial charge < -0.3 is 14.8 Å². The zero-order valence-electron chi connectivity index (χ0n) is 11.1. The van der Waals surface area contributed by atoms with Gasteiger partial charge in [-0.05, 0) is 25.5 Å². The molecule has 5 nitrogen and oxygen atoms in total. The molecule has 0 radical (unpaired) electrons. The van der Waals surface area contributed by atoms with E-state index in [0.717, 1.165) is 5.69 Å². The second-order valence-corrected chi connectivity index (χ2v) is 4.63. The van der Waals surface area contributed by atoms with E-state index < -0.39 is 0 Å². The first-order chi connectivity index (χ1) is 8.56. The summed E-state index contributed by atoms with van der Waals surface area (Å²) in [6, 6.07) is 3.39. The molecule has 1 unspecified atom stereocenters. The summed E-state index contributed by atoms with van der Waals surface area (Å²) < 4.78 is 1.86. The van der Waals surface area contributed by atoms with Gasteiger partial charge in [0.15, 0.2) is 0 Å². The molecule has 0 spiro atoms. The monoisotopic (exact) mass is 249 g/mol. The number of aromatic nitrogens is 1. The normalized spacial score (nSPS) is 19.8. The van der Waals surface area contributed by atoms with E-state index in [2.05, 4.69) is 5.32 Å². The smallest absolute Gasteiger partial charge is 0.271 e. The van der Waals surface area contributed by atoms with Crippen LogP contribution in [0.3, 0.4) is 0 Å². The van der Waals surface area contributed by atoms with E-state index >= 15 is 0 Å². The summed E-state index contributed by atoms with van der Waals surface area (Å²) in [6.07, 6.45) is 0.640. The lowest BCUT2D eigenvalue weighted by Crippen LogP contribution is -2.57. The van der Waals surface area contributed by atoms with Crippen molar-refractivity contribution in [3.63, 3.8) is 0 Å². The van der Waals surface area contributed by atoms with Crippen LogP contribution in [-0.4, -0.2) is 40.4 Å². The fourth-order valence-electron chi connectivity index (χ4n) is 2.34. The molecule has 2 heterocycles. The molecule has 0 saturated carbocycles. The third-order valence-corrected chi connectivity index (χ3v) is 3.57. The third-order valence-electron chi connectivity index (χ3n) is 3.57. The quantitative estimate of drug-likeness (QED) is 0.838. The van der Waals surface area contributed by atoms with Crippen LogP contribution in [-0.2, 0) is 11.8 Å². The molecule has 18 heavy (non-hydrogen) atoms. The van der Waals surface area contributed by atoms with E-state index in [0.29, 0.717) is 25.2 Å². The summed E-state index contributed by atoms with van der Waals surface area (Å²) in [5, 5.41) is 2.80. The van der Waals surface area contributed by atoms with Crippen molar-refractivity contribution < 1.29 is 9.59 Å². The highest BCUT2D eigenvalue weighted by molar-refractivity contribution is 5.97. The molecule has 0 aromatic carbocycles. The zero-order chi connectivity index (χ0) is 13.3. The maximum absolute atomic E-state index is 12.5. The lowest BCUT2D eigenvalue weighted by molar-refractivity contribution is -0.127. The fraction of sp³-hybridized carbons (Fsp3) is 0.538. The van der Waals surface area contributed by atoms with Gasteiger partial charge in [-0.25, -0.2) is 0 Å². The zero-order valence-corrected chi connectivity index (χ0v) is 11.1. The molecular weight excluding hydrogens is 230 g/mol. The van der Waals surface area contributed by atoms with Crippen LogP contribution in [0.15, 0.2) is 12.1 Å². The van der Waals surface area contributed by atoms with Crippen LogP contribution in [0.25, 0.3) is 0 Å². The van der Waals surface area contributed by atoms with Gasteiger partial charge in [-0.15, -0.1) is 0 Å². The Morgan fingerprint density at radius 1 is 1.50 bits per heavy atom. The average molecular weight is 249 g/mol. The number of aryl methyl sites for hydroxylation is 1. The molecule has 1 aliphatic rings. The van der Waals surface area contributed by atoms with Gasteiger partial charge in [0.05, 0.1) is 0 Å². The number of hydrogen-bond donors (Lipinski definition) is 1. The fourth-order valence-corrected chi connectivity index (χ4v) is 2.34. The standard InChI is InChI=1S/C13H19N3O2/c1-4-10-12(17)14-7-8-16(10)13(18)11-6-5-9(2)15(11)3/h5-6,10H,4,7-8H2,1-3H3,(H,14,17). The van der Waals surface area contributed by atoms with Crippen molar-refractivity contribution in [3.05, 3.63) is 23.5 Å². The molecule has 2 rings (SSSR count). The Morgan fingerprint density at radius 3 is 2.78 bits per heavy atom. The SMILES string of the molecule is CCC1C(=O)NCCN1C(=O)c1ccc(C)n1C. The Labute approximate surface area is 107 Å². The number of piperazine rings is 1. The molecule has 1 aromatic rings. The molecular formula is C13H19N3O2. The van der Waals surface area contributed by atoms with Gasteiger partial charge in [0.2, 0.25) is 5.91 Å². The van der Waals surface area contributed by atoms with E-state index in [1.54, 1.807) is 4.90 Å². The first-order valence-corrected chi connectivity index (χ1v) is 6.27.